The van der Waals surface area contributed by atoms with Crippen molar-refractivity contribution >= 4 is 11.4 Å². The van der Waals surface area contributed by atoms with Crippen LogP contribution in [0.4, 0.5) is 11.4 Å². The molecular formula is C16H26N2. The lowest BCUT2D eigenvalue weighted by Crippen LogP contribution is -2.37. The van der Waals surface area contributed by atoms with Crippen LogP contribution in [0, 0.1) is 11.8 Å². The summed E-state index contributed by atoms with van der Waals surface area (Å²) >= 11 is 0. The minimum Gasteiger partial charge on any atom is -0.382 e. The summed E-state index contributed by atoms with van der Waals surface area (Å²) in [6.07, 6.45) is 4.11. The SMILES string of the molecule is CC1CCCC(C)C1Nc1ccc(N(C)C)cc1. The fraction of sp³-hybridized carbons (Fsp3) is 0.625. The van der Waals surface area contributed by atoms with Gasteiger partial charge in [-0.3, -0.25) is 0 Å². The van der Waals surface area contributed by atoms with Crippen molar-refractivity contribution in [3.63, 3.8) is 0 Å². The van der Waals surface area contributed by atoms with Gasteiger partial charge in [-0.05, 0) is 48.9 Å². The molecule has 0 aromatic heterocycles. The lowest BCUT2D eigenvalue weighted by molar-refractivity contribution is 0.268. The first-order valence-corrected chi connectivity index (χ1v) is 7.12. The third-order valence-electron chi connectivity index (χ3n) is 4.26. The lowest BCUT2D eigenvalue weighted by atomic mass is 9.78. The number of nitrogens with one attached hydrogen (secondary N) is 1. The summed E-state index contributed by atoms with van der Waals surface area (Å²) in [5.41, 5.74) is 2.51. The fourth-order valence-electron chi connectivity index (χ4n) is 3.01. The van der Waals surface area contributed by atoms with Crippen LogP contribution in [-0.2, 0) is 0 Å². The van der Waals surface area contributed by atoms with Gasteiger partial charge < -0.3 is 10.2 Å². The highest BCUT2D eigenvalue weighted by atomic mass is 15.1. The Hall–Kier alpha value is -1.18. The molecular weight excluding hydrogens is 220 g/mol. The number of nitrogens with zero attached hydrogens (tertiary/aromatic N) is 1. The van der Waals surface area contributed by atoms with Gasteiger partial charge in [0.05, 0.1) is 0 Å². The lowest BCUT2D eigenvalue weighted by Gasteiger charge is -2.36. The molecule has 0 saturated heterocycles. The molecule has 2 unspecified atom stereocenters. The second-order valence-electron chi connectivity index (χ2n) is 6.00. The molecule has 1 aliphatic rings. The third-order valence-corrected chi connectivity index (χ3v) is 4.26. The smallest absolute Gasteiger partial charge is 0.0362 e. The van der Waals surface area contributed by atoms with E-state index in [-0.39, 0.29) is 0 Å². The quantitative estimate of drug-likeness (QED) is 0.867. The molecule has 2 nitrogen and oxygen atoms in total. The van der Waals surface area contributed by atoms with Gasteiger partial charge in [-0.25, -0.2) is 0 Å². The van der Waals surface area contributed by atoms with Crippen LogP contribution in [0.25, 0.3) is 0 Å². The number of rotatable bonds is 3. The Bertz CT molecular complexity index is 359. The molecule has 1 N–H and O–H groups in total. The summed E-state index contributed by atoms with van der Waals surface area (Å²) < 4.78 is 0. The molecule has 18 heavy (non-hydrogen) atoms. The van der Waals surface area contributed by atoms with Gasteiger partial charge in [-0.2, -0.15) is 0 Å². The Labute approximate surface area is 111 Å². The molecule has 0 bridgehead atoms. The van der Waals surface area contributed by atoms with E-state index in [9.17, 15) is 0 Å². The van der Waals surface area contributed by atoms with E-state index in [0.29, 0.717) is 6.04 Å². The van der Waals surface area contributed by atoms with Crippen molar-refractivity contribution < 1.29 is 0 Å². The summed E-state index contributed by atoms with van der Waals surface area (Å²) in [5, 5.41) is 3.73. The van der Waals surface area contributed by atoms with Gasteiger partial charge in [-0.15, -0.1) is 0 Å². The molecule has 1 aromatic rings. The maximum Gasteiger partial charge on any atom is 0.0362 e. The first-order valence-electron chi connectivity index (χ1n) is 7.12. The molecule has 0 radical (unpaired) electrons. The molecule has 0 aliphatic heterocycles. The van der Waals surface area contributed by atoms with Crippen molar-refractivity contribution in [3.8, 4) is 0 Å². The van der Waals surface area contributed by atoms with Crippen LogP contribution in [0.15, 0.2) is 24.3 Å². The Morgan fingerprint density at radius 2 is 1.56 bits per heavy atom. The molecule has 100 valence electrons. The Balaban J connectivity index is 2.03. The normalized spacial score (nSPS) is 27.9. The van der Waals surface area contributed by atoms with E-state index in [0.717, 1.165) is 11.8 Å². The Morgan fingerprint density at radius 1 is 1.00 bits per heavy atom. The van der Waals surface area contributed by atoms with E-state index in [2.05, 4.69) is 62.4 Å². The van der Waals surface area contributed by atoms with E-state index in [1.807, 2.05) is 0 Å². The van der Waals surface area contributed by atoms with Crippen LogP contribution in [0.3, 0.4) is 0 Å². The third kappa shape index (κ3) is 2.98. The van der Waals surface area contributed by atoms with Gasteiger partial charge >= 0.3 is 0 Å². The second-order valence-corrected chi connectivity index (χ2v) is 6.00. The van der Waals surface area contributed by atoms with Gasteiger partial charge in [-0.1, -0.05) is 20.3 Å². The fourth-order valence-corrected chi connectivity index (χ4v) is 3.01. The average molecular weight is 246 g/mol. The minimum atomic E-state index is 0.629. The van der Waals surface area contributed by atoms with Crippen LogP contribution in [0.1, 0.15) is 33.1 Å². The first-order chi connectivity index (χ1) is 8.58. The zero-order valence-corrected chi connectivity index (χ0v) is 12.1. The van der Waals surface area contributed by atoms with E-state index in [1.54, 1.807) is 0 Å². The highest BCUT2D eigenvalue weighted by Gasteiger charge is 2.27. The number of hydrogen-bond acceptors (Lipinski definition) is 2. The minimum absolute atomic E-state index is 0.629. The molecule has 2 heteroatoms. The van der Waals surface area contributed by atoms with Gasteiger partial charge in [0.2, 0.25) is 0 Å². The Morgan fingerprint density at radius 3 is 2.06 bits per heavy atom. The zero-order chi connectivity index (χ0) is 13.1. The number of anilines is 2. The maximum absolute atomic E-state index is 3.73. The summed E-state index contributed by atoms with van der Waals surface area (Å²) in [4.78, 5) is 2.13. The van der Waals surface area contributed by atoms with Crippen molar-refractivity contribution in [3.05, 3.63) is 24.3 Å². The van der Waals surface area contributed by atoms with E-state index < -0.39 is 0 Å². The number of benzene rings is 1. The van der Waals surface area contributed by atoms with E-state index >= 15 is 0 Å². The summed E-state index contributed by atoms with van der Waals surface area (Å²) in [5.74, 6) is 1.56. The molecule has 0 heterocycles. The van der Waals surface area contributed by atoms with Crippen LogP contribution in [0.5, 0.6) is 0 Å². The van der Waals surface area contributed by atoms with Crippen molar-refractivity contribution in [2.75, 3.05) is 24.3 Å². The van der Waals surface area contributed by atoms with Crippen molar-refractivity contribution in [1.82, 2.24) is 0 Å². The molecule has 1 aliphatic carbocycles. The van der Waals surface area contributed by atoms with Crippen molar-refractivity contribution in [2.24, 2.45) is 11.8 Å². The van der Waals surface area contributed by atoms with Gasteiger partial charge in [0.25, 0.3) is 0 Å². The summed E-state index contributed by atoms with van der Waals surface area (Å²) in [7, 11) is 4.15. The van der Waals surface area contributed by atoms with Crippen LogP contribution < -0.4 is 10.2 Å². The average Bonchev–Trinajstić information content (AvgIpc) is 2.34. The topological polar surface area (TPSA) is 15.3 Å². The van der Waals surface area contributed by atoms with Gasteiger partial charge in [0.1, 0.15) is 0 Å². The molecule has 1 aromatic carbocycles. The van der Waals surface area contributed by atoms with Crippen LogP contribution >= 0.6 is 0 Å². The van der Waals surface area contributed by atoms with Crippen LogP contribution in [0.2, 0.25) is 0 Å². The highest BCUT2D eigenvalue weighted by Crippen LogP contribution is 2.31. The largest absolute Gasteiger partial charge is 0.382 e. The predicted molar refractivity (Wildman–Crippen MR) is 80.4 cm³/mol. The molecule has 0 amide bonds. The van der Waals surface area contributed by atoms with Gasteiger partial charge in [0, 0.05) is 31.5 Å². The first kappa shape index (κ1) is 13.3. The zero-order valence-electron chi connectivity index (χ0n) is 12.1. The molecule has 0 spiro atoms. The maximum atomic E-state index is 3.73. The van der Waals surface area contributed by atoms with Crippen molar-refractivity contribution in [2.45, 2.75) is 39.2 Å². The van der Waals surface area contributed by atoms with E-state index in [4.69, 9.17) is 0 Å². The predicted octanol–water partition coefficient (Wildman–Crippen LogP) is 3.99. The summed E-state index contributed by atoms with van der Waals surface area (Å²) in [6.45, 7) is 4.75. The molecule has 1 fully saturated rings. The monoisotopic (exact) mass is 246 g/mol. The van der Waals surface area contributed by atoms with Gasteiger partial charge in [0.15, 0.2) is 0 Å². The summed E-state index contributed by atoms with van der Waals surface area (Å²) in [6, 6.07) is 9.39. The highest BCUT2D eigenvalue weighted by molar-refractivity contribution is 5.54. The molecule has 2 rings (SSSR count). The standard InChI is InChI=1S/C16H26N2/c1-12-6-5-7-13(2)16(12)17-14-8-10-15(11-9-14)18(3)4/h8-13,16-17H,5-7H2,1-4H3. The van der Waals surface area contributed by atoms with Crippen molar-refractivity contribution in [1.29, 1.82) is 0 Å². The van der Waals surface area contributed by atoms with Crippen LogP contribution in [-0.4, -0.2) is 20.1 Å². The Kier molecular flexibility index (Phi) is 4.15. The second kappa shape index (κ2) is 5.64. The molecule has 1 saturated carbocycles. The number of hydrogen-bond donors (Lipinski definition) is 1. The van der Waals surface area contributed by atoms with E-state index in [1.165, 1.54) is 30.6 Å². The molecule has 2 atom stereocenters.